The van der Waals surface area contributed by atoms with Crippen LogP contribution in [-0.4, -0.2) is 50.3 Å². The van der Waals surface area contributed by atoms with Gasteiger partial charge >= 0.3 is 0 Å². The molecule has 0 aromatic rings. The summed E-state index contributed by atoms with van der Waals surface area (Å²) in [6.45, 7) is 6.02. The van der Waals surface area contributed by atoms with E-state index in [0.717, 1.165) is 25.8 Å². The van der Waals surface area contributed by atoms with E-state index < -0.39 is 0 Å². The maximum absolute atomic E-state index is 11.3. The van der Waals surface area contributed by atoms with Crippen LogP contribution in [-0.2, 0) is 9.53 Å². The SMILES string of the molecule is COCCNC(=O)CNCCCCC(C)(C)C(N)=NO. The highest BCUT2D eigenvalue weighted by Crippen LogP contribution is 2.22. The second kappa shape index (κ2) is 10.4. The van der Waals surface area contributed by atoms with Gasteiger partial charge in [0.15, 0.2) is 0 Å². The summed E-state index contributed by atoms with van der Waals surface area (Å²) in [5.41, 5.74) is 5.31. The lowest BCUT2D eigenvalue weighted by Gasteiger charge is -2.22. The van der Waals surface area contributed by atoms with Gasteiger partial charge in [0.1, 0.15) is 5.84 Å². The van der Waals surface area contributed by atoms with Gasteiger partial charge in [-0.25, -0.2) is 0 Å². The molecule has 0 rings (SSSR count). The third-order valence-corrected chi connectivity index (χ3v) is 3.12. The first kappa shape index (κ1) is 18.7. The number of unbranched alkanes of at least 4 members (excludes halogenated alkanes) is 1. The first-order chi connectivity index (χ1) is 9.44. The number of ether oxygens (including phenoxy) is 1. The van der Waals surface area contributed by atoms with Crippen LogP contribution in [0.15, 0.2) is 5.16 Å². The van der Waals surface area contributed by atoms with Crippen LogP contribution in [0.5, 0.6) is 0 Å². The van der Waals surface area contributed by atoms with Crippen molar-refractivity contribution in [3.05, 3.63) is 0 Å². The number of rotatable bonds is 11. The molecule has 0 aromatic heterocycles. The lowest BCUT2D eigenvalue weighted by atomic mass is 9.86. The zero-order valence-corrected chi connectivity index (χ0v) is 12.7. The number of carbonyl (C=O) groups excluding carboxylic acids is 1. The van der Waals surface area contributed by atoms with E-state index in [-0.39, 0.29) is 17.2 Å². The first-order valence-electron chi connectivity index (χ1n) is 6.88. The van der Waals surface area contributed by atoms with Crippen molar-refractivity contribution in [2.75, 3.05) is 33.4 Å². The number of nitrogens with zero attached hydrogens (tertiary/aromatic N) is 1. The third kappa shape index (κ3) is 8.71. The zero-order valence-electron chi connectivity index (χ0n) is 12.7. The van der Waals surface area contributed by atoms with Crippen molar-refractivity contribution in [1.82, 2.24) is 10.6 Å². The Kier molecular flexibility index (Phi) is 9.75. The fourth-order valence-corrected chi connectivity index (χ4v) is 1.64. The van der Waals surface area contributed by atoms with Crippen LogP contribution < -0.4 is 16.4 Å². The summed E-state index contributed by atoms with van der Waals surface area (Å²) < 4.78 is 4.84. The van der Waals surface area contributed by atoms with Crippen LogP contribution in [0.25, 0.3) is 0 Å². The van der Waals surface area contributed by atoms with E-state index in [9.17, 15) is 4.79 Å². The summed E-state index contributed by atoms with van der Waals surface area (Å²) in [4.78, 5) is 11.3. The van der Waals surface area contributed by atoms with Crippen molar-refractivity contribution in [1.29, 1.82) is 0 Å². The first-order valence-corrected chi connectivity index (χ1v) is 6.88. The molecule has 0 aliphatic rings. The molecule has 0 aliphatic carbocycles. The fourth-order valence-electron chi connectivity index (χ4n) is 1.64. The number of hydrogen-bond donors (Lipinski definition) is 4. The number of amides is 1. The average molecular weight is 288 g/mol. The van der Waals surface area contributed by atoms with Crippen molar-refractivity contribution in [2.24, 2.45) is 16.3 Å². The minimum Gasteiger partial charge on any atom is -0.409 e. The monoisotopic (exact) mass is 288 g/mol. The predicted molar refractivity (Wildman–Crippen MR) is 78.8 cm³/mol. The van der Waals surface area contributed by atoms with E-state index in [4.69, 9.17) is 15.7 Å². The lowest BCUT2D eigenvalue weighted by Crippen LogP contribution is -2.36. The maximum Gasteiger partial charge on any atom is 0.234 e. The van der Waals surface area contributed by atoms with Crippen molar-refractivity contribution < 1.29 is 14.7 Å². The van der Waals surface area contributed by atoms with Gasteiger partial charge in [-0.2, -0.15) is 0 Å². The van der Waals surface area contributed by atoms with E-state index in [0.29, 0.717) is 19.7 Å². The number of hydrogen-bond acceptors (Lipinski definition) is 5. The summed E-state index contributed by atoms with van der Waals surface area (Å²) in [6, 6.07) is 0. The molecule has 0 aliphatic heterocycles. The quantitative estimate of drug-likeness (QED) is 0.144. The molecule has 0 heterocycles. The highest BCUT2D eigenvalue weighted by atomic mass is 16.5. The molecule has 7 nitrogen and oxygen atoms in total. The van der Waals surface area contributed by atoms with Crippen LogP contribution in [0.1, 0.15) is 33.1 Å². The summed E-state index contributed by atoms with van der Waals surface area (Å²) in [7, 11) is 1.60. The van der Waals surface area contributed by atoms with Crippen molar-refractivity contribution >= 4 is 11.7 Å². The average Bonchev–Trinajstić information content (AvgIpc) is 2.41. The highest BCUT2D eigenvalue weighted by Gasteiger charge is 2.22. The molecule has 0 saturated carbocycles. The Morgan fingerprint density at radius 2 is 2.05 bits per heavy atom. The number of methoxy groups -OCH3 is 1. The van der Waals surface area contributed by atoms with E-state index in [1.165, 1.54) is 0 Å². The lowest BCUT2D eigenvalue weighted by molar-refractivity contribution is -0.120. The van der Waals surface area contributed by atoms with Crippen molar-refractivity contribution in [3.63, 3.8) is 0 Å². The standard InChI is InChI=1S/C13H28N4O3/c1-13(2,12(14)17-19)6-4-5-7-15-10-11(18)16-8-9-20-3/h15,19H,4-10H2,1-3H3,(H2,14,17)(H,16,18). The van der Waals surface area contributed by atoms with Gasteiger partial charge in [-0.1, -0.05) is 25.4 Å². The number of carbonyl (C=O) groups is 1. The fraction of sp³-hybridized carbons (Fsp3) is 0.846. The minimum atomic E-state index is -0.299. The predicted octanol–water partition coefficient (Wildman–Crippen LogP) is 0.282. The van der Waals surface area contributed by atoms with E-state index in [1.807, 2.05) is 13.8 Å². The van der Waals surface area contributed by atoms with Crippen LogP contribution in [0, 0.1) is 5.41 Å². The zero-order chi connectivity index (χ0) is 15.4. The molecule has 0 fully saturated rings. The largest absolute Gasteiger partial charge is 0.409 e. The van der Waals surface area contributed by atoms with Gasteiger partial charge in [-0.15, -0.1) is 0 Å². The Hall–Kier alpha value is -1.34. The summed E-state index contributed by atoms with van der Waals surface area (Å²) in [5, 5.41) is 17.5. The maximum atomic E-state index is 11.3. The van der Waals surface area contributed by atoms with E-state index in [1.54, 1.807) is 7.11 Å². The second-order valence-electron chi connectivity index (χ2n) is 5.35. The van der Waals surface area contributed by atoms with Gasteiger partial charge in [0.25, 0.3) is 0 Å². The molecular formula is C13H28N4O3. The third-order valence-electron chi connectivity index (χ3n) is 3.12. The molecule has 0 spiro atoms. The van der Waals surface area contributed by atoms with Gasteiger partial charge in [0.2, 0.25) is 5.91 Å². The van der Waals surface area contributed by atoms with Gasteiger partial charge in [-0.05, 0) is 19.4 Å². The summed E-state index contributed by atoms with van der Waals surface area (Å²) in [5.74, 6) is 0.224. The molecule has 1 amide bonds. The molecule has 7 heteroatoms. The van der Waals surface area contributed by atoms with Gasteiger partial charge < -0.3 is 26.3 Å². The molecular weight excluding hydrogens is 260 g/mol. The van der Waals surface area contributed by atoms with E-state index >= 15 is 0 Å². The Bertz CT molecular complexity index is 306. The van der Waals surface area contributed by atoms with Crippen LogP contribution in [0.2, 0.25) is 0 Å². The van der Waals surface area contributed by atoms with Gasteiger partial charge in [0, 0.05) is 19.1 Å². The van der Waals surface area contributed by atoms with Gasteiger partial charge in [0.05, 0.1) is 13.2 Å². The molecule has 0 radical (unpaired) electrons. The second-order valence-corrected chi connectivity index (χ2v) is 5.35. The molecule has 0 saturated heterocycles. The van der Waals surface area contributed by atoms with Gasteiger partial charge in [-0.3, -0.25) is 4.79 Å². The molecule has 118 valence electrons. The Balaban J connectivity index is 3.56. The van der Waals surface area contributed by atoms with Crippen LogP contribution in [0.4, 0.5) is 0 Å². The van der Waals surface area contributed by atoms with Crippen molar-refractivity contribution in [2.45, 2.75) is 33.1 Å². The Labute approximate surface area is 120 Å². The molecule has 0 bridgehead atoms. The molecule has 0 aromatic carbocycles. The molecule has 20 heavy (non-hydrogen) atoms. The van der Waals surface area contributed by atoms with E-state index in [2.05, 4.69) is 15.8 Å². The van der Waals surface area contributed by atoms with Crippen LogP contribution >= 0.6 is 0 Å². The topological polar surface area (TPSA) is 109 Å². The molecule has 0 atom stereocenters. The Morgan fingerprint density at radius 3 is 2.65 bits per heavy atom. The number of nitrogens with two attached hydrogens (primary N) is 1. The Morgan fingerprint density at radius 1 is 1.35 bits per heavy atom. The summed E-state index contributed by atoms with van der Waals surface area (Å²) >= 11 is 0. The smallest absolute Gasteiger partial charge is 0.234 e. The number of amidine groups is 1. The normalized spacial score (nSPS) is 12.4. The van der Waals surface area contributed by atoms with Crippen molar-refractivity contribution in [3.8, 4) is 0 Å². The minimum absolute atomic E-state index is 0.0287. The molecule has 5 N–H and O–H groups in total. The summed E-state index contributed by atoms with van der Waals surface area (Å²) in [6.07, 6.45) is 2.72. The highest BCUT2D eigenvalue weighted by molar-refractivity contribution is 5.85. The number of nitrogens with one attached hydrogen (secondary N) is 2. The number of oxime groups is 1. The molecule has 0 unspecified atom stereocenters. The van der Waals surface area contributed by atoms with Crippen LogP contribution in [0.3, 0.4) is 0 Å².